The van der Waals surface area contributed by atoms with Crippen molar-refractivity contribution in [3.63, 3.8) is 0 Å². The van der Waals surface area contributed by atoms with E-state index in [1.54, 1.807) is 0 Å². The van der Waals surface area contributed by atoms with Gasteiger partial charge in [0.15, 0.2) is 0 Å². The monoisotopic (exact) mass is 547 g/mol. The lowest BCUT2D eigenvalue weighted by Crippen LogP contribution is -2.33. The third kappa shape index (κ3) is 6.36. The summed E-state index contributed by atoms with van der Waals surface area (Å²) in [6.45, 7) is 13.7. The van der Waals surface area contributed by atoms with Crippen LogP contribution in [0.15, 0.2) is 101 Å². The number of hydrogen-bond donors (Lipinski definition) is 0. The lowest BCUT2D eigenvalue weighted by Gasteiger charge is -2.22. The van der Waals surface area contributed by atoms with Crippen molar-refractivity contribution in [3.8, 4) is 5.69 Å². The van der Waals surface area contributed by atoms with Crippen LogP contribution in [0.5, 0.6) is 0 Å². The summed E-state index contributed by atoms with van der Waals surface area (Å²) in [5.74, 6) is 0. The second-order valence-electron chi connectivity index (χ2n) is 9.79. The highest BCUT2D eigenvalue weighted by Crippen LogP contribution is 2.27. The molecule has 0 aliphatic heterocycles. The van der Waals surface area contributed by atoms with Gasteiger partial charge in [0.2, 0.25) is 16.7 Å². The topological polar surface area (TPSA) is 57.2 Å². The van der Waals surface area contributed by atoms with E-state index in [0.717, 1.165) is 84.2 Å². The largest absolute Gasteiger partial charge is 0.380 e. The molecule has 0 atom stereocenters. The van der Waals surface area contributed by atoms with Gasteiger partial charge in [-0.1, -0.05) is 18.2 Å². The van der Waals surface area contributed by atoms with Crippen LogP contribution >= 0.6 is 0 Å². The number of ether oxygens (including phenoxy) is 1. The molecule has 5 rings (SSSR count). The molecule has 5 aromatic rings. The summed E-state index contributed by atoms with van der Waals surface area (Å²) < 4.78 is 7.81. The van der Waals surface area contributed by atoms with Gasteiger partial charge in [-0.05, 0) is 76.2 Å². The Morgan fingerprint density at radius 2 is 1.27 bits per heavy atom. The average Bonchev–Trinajstić information content (AvgIpc) is 3.02. The molecule has 7 nitrogen and oxygen atoms in total. The number of para-hydroxylation sites is 1. The fourth-order valence-electron chi connectivity index (χ4n) is 5.17. The first kappa shape index (κ1) is 28.2. The molecule has 0 aliphatic rings. The van der Waals surface area contributed by atoms with Crippen LogP contribution in [0.2, 0.25) is 0 Å². The molecule has 7 heteroatoms. The van der Waals surface area contributed by atoms with Gasteiger partial charge in [-0.3, -0.25) is 0 Å². The molecule has 1 heterocycles. The van der Waals surface area contributed by atoms with E-state index in [4.69, 9.17) is 9.72 Å². The van der Waals surface area contributed by atoms with Crippen molar-refractivity contribution in [2.24, 2.45) is 10.2 Å². The van der Waals surface area contributed by atoms with Crippen LogP contribution in [0.4, 0.5) is 22.7 Å². The highest BCUT2D eigenvalue weighted by molar-refractivity contribution is 5.85. The molecule has 0 aliphatic carbocycles. The zero-order chi connectivity index (χ0) is 28.6. The van der Waals surface area contributed by atoms with Crippen LogP contribution in [0, 0.1) is 0 Å². The minimum Gasteiger partial charge on any atom is -0.380 e. The van der Waals surface area contributed by atoms with Gasteiger partial charge in [-0.15, -0.1) is 4.57 Å². The maximum absolute atomic E-state index is 5.53. The molecule has 0 unspecified atom stereocenters. The van der Waals surface area contributed by atoms with Crippen molar-refractivity contribution >= 4 is 44.8 Å². The van der Waals surface area contributed by atoms with Gasteiger partial charge in [0, 0.05) is 68.4 Å². The lowest BCUT2D eigenvalue weighted by atomic mass is 10.1. The molecule has 0 radical (unpaired) electrons. The smallest absolute Gasteiger partial charge is 0.239 e. The molecule has 210 valence electrons. The van der Waals surface area contributed by atoms with E-state index < -0.39 is 0 Å². The zero-order valence-corrected chi connectivity index (χ0v) is 24.5. The highest BCUT2D eigenvalue weighted by Gasteiger charge is 2.21. The molecular formula is C34H39N6O+. The van der Waals surface area contributed by atoms with Crippen LogP contribution in [-0.4, -0.2) is 44.4 Å². The number of aromatic nitrogens is 2. The molecule has 0 bridgehead atoms. The van der Waals surface area contributed by atoms with E-state index in [0.29, 0.717) is 0 Å². The summed E-state index contributed by atoms with van der Waals surface area (Å²) in [5, 5.41) is 9.17. The Kier molecular flexibility index (Phi) is 9.16. The molecule has 0 saturated heterocycles. The van der Waals surface area contributed by atoms with E-state index in [2.05, 4.69) is 106 Å². The van der Waals surface area contributed by atoms with Crippen molar-refractivity contribution in [1.82, 2.24) is 4.98 Å². The Bertz CT molecular complexity index is 1610. The average molecular weight is 548 g/mol. The summed E-state index contributed by atoms with van der Waals surface area (Å²) in [4.78, 5) is 9.66. The number of nitrogens with zero attached hydrogens (tertiary/aromatic N) is 6. The van der Waals surface area contributed by atoms with Gasteiger partial charge in [-0.2, -0.15) is 10.2 Å². The summed E-state index contributed by atoms with van der Waals surface area (Å²) in [5.41, 5.74) is 8.92. The number of azo groups is 1. The normalized spacial score (nSPS) is 11.5. The van der Waals surface area contributed by atoms with Gasteiger partial charge < -0.3 is 14.5 Å². The quantitative estimate of drug-likeness (QED) is 0.0692. The number of rotatable bonds is 12. The minimum atomic E-state index is 0.720. The summed E-state index contributed by atoms with van der Waals surface area (Å²) in [6.07, 6.45) is 0. The van der Waals surface area contributed by atoms with Gasteiger partial charge >= 0.3 is 0 Å². The lowest BCUT2D eigenvalue weighted by molar-refractivity contribution is -0.538. The molecular weight excluding hydrogens is 508 g/mol. The van der Waals surface area contributed by atoms with Gasteiger partial charge in [0.25, 0.3) is 0 Å². The van der Waals surface area contributed by atoms with E-state index in [1.165, 1.54) is 5.69 Å². The molecule has 0 saturated carbocycles. The number of fused-ring (bicyclic) bond motifs is 2. The Morgan fingerprint density at radius 1 is 0.659 bits per heavy atom. The van der Waals surface area contributed by atoms with Crippen LogP contribution < -0.4 is 14.4 Å². The molecule has 0 spiro atoms. The van der Waals surface area contributed by atoms with Gasteiger partial charge in [-0.25, -0.2) is 4.98 Å². The third-order valence-electron chi connectivity index (χ3n) is 7.37. The molecule has 41 heavy (non-hydrogen) atoms. The highest BCUT2D eigenvalue weighted by atomic mass is 16.5. The maximum Gasteiger partial charge on any atom is 0.239 e. The standard InChI is InChI=1S/C34H39N6O/c1-5-38(6-2)30-19-21-32-34(25-30)40(29-12-10-9-11-13-29)33-24-27(16-20-31(33)35-32)37-36-26-14-17-28(18-15-26)39(7-3)22-23-41-8-4/h9-21,24-25H,5-8,22-23H2,1-4H3/q+1. The van der Waals surface area contributed by atoms with Crippen LogP contribution in [-0.2, 0) is 4.74 Å². The van der Waals surface area contributed by atoms with Crippen molar-refractivity contribution < 1.29 is 9.30 Å². The van der Waals surface area contributed by atoms with Crippen molar-refractivity contribution in [2.45, 2.75) is 27.7 Å². The molecule has 4 aromatic carbocycles. The predicted molar refractivity (Wildman–Crippen MR) is 169 cm³/mol. The first-order valence-electron chi connectivity index (χ1n) is 14.6. The second kappa shape index (κ2) is 13.3. The summed E-state index contributed by atoms with van der Waals surface area (Å²) >= 11 is 0. The number of anilines is 2. The van der Waals surface area contributed by atoms with Crippen molar-refractivity contribution in [3.05, 3.63) is 91.0 Å². The van der Waals surface area contributed by atoms with Gasteiger partial charge in [0.05, 0.1) is 18.0 Å². The van der Waals surface area contributed by atoms with Crippen molar-refractivity contribution in [2.75, 3.05) is 49.2 Å². The first-order valence-corrected chi connectivity index (χ1v) is 14.6. The third-order valence-corrected chi connectivity index (χ3v) is 7.37. The van der Waals surface area contributed by atoms with Gasteiger partial charge in [0.1, 0.15) is 11.0 Å². The van der Waals surface area contributed by atoms with E-state index in [-0.39, 0.29) is 0 Å². The number of likely N-dealkylation sites (N-methyl/N-ethyl adjacent to an activating group) is 1. The zero-order valence-electron chi connectivity index (χ0n) is 24.5. The predicted octanol–water partition coefficient (Wildman–Crippen LogP) is 7.79. The first-order chi connectivity index (χ1) is 20.1. The Balaban J connectivity index is 1.52. The Hall–Kier alpha value is -4.36. The number of hydrogen-bond acceptors (Lipinski definition) is 6. The van der Waals surface area contributed by atoms with Crippen LogP contribution in [0.1, 0.15) is 27.7 Å². The fourth-order valence-corrected chi connectivity index (χ4v) is 5.17. The molecule has 0 amide bonds. The number of benzene rings is 4. The minimum absolute atomic E-state index is 0.720. The molecule has 1 aromatic heterocycles. The van der Waals surface area contributed by atoms with E-state index in [1.807, 2.05) is 37.3 Å². The van der Waals surface area contributed by atoms with E-state index in [9.17, 15) is 0 Å². The maximum atomic E-state index is 5.53. The Morgan fingerprint density at radius 3 is 1.95 bits per heavy atom. The summed E-state index contributed by atoms with van der Waals surface area (Å²) in [7, 11) is 0. The Labute approximate surface area is 242 Å². The van der Waals surface area contributed by atoms with Crippen LogP contribution in [0.25, 0.3) is 27.8 Å². The molecule has 0 fully saturated rings. The molecule has 0 N–H and O–H groups in total. The summed E-state index contributed by atoms with van der Waals surface area (Å²) in [6, 6.07) is 31.3. The van der Waals surface area contributed by atoms with Crippen molar-refractivity contribution in [1.29, 1.82) is 0 Å². The second-order valence-corrected chi connectivity index (χ2v) is 9.79. The fraction of sp³-hybridized carbons (Fsp3) is 0.294. The van der Waals surface area contributed by atoms with E-state index >= 15 is 0 Å². The SMILES string of the molecule is CCOCCN(CC)c1ccc(N=Nc2ccc3nc4ccc(N(CC)CC)cc4[n+](-c4ccccc4)c3c2)cc1. The van der Waals surface area contributed by atoms with Crippen LogP contribution in [0.3, 0.4) is 0 Å².